The van der Waals surface area contributed by atoms with Crippen molar-refractivity contribution in [3.8, 4) is 0 Å². The van der Waals surface area contributed by atoms with Crippen LogP contribution in [-0.2, 0) is 9.59 Å². The van der Waals surface area contributed by atoms with E-state index in [2.05, 4.69) is 0 Å². The first-order chi connectivity index (χ1) is 14.0. The topological polar surface area (TPSA) is 57.6 Å². The van der Waals surface area contributed by atoms with Gasteiger partial charge in [0.1, 0.15) is 11.6 Å². The molecule has 4 rings (SSSR count). The Morgan fingerprint density at radius 1 is 1.03 bits per heavy atom. The van der Waals surface area contributed by atoms with Gasteiger partial charge in [-0.15, -0.1) is 0 Å². The first-order valence-corrected chi connectivity index (χ1v) is 10.1. The first-order valence-electron chi connectivity index (χ1n) is 10.1. The molecule has 1 aliphatic carbocycles. The monoisotopic (exact) mass is 393 g/mol. The number of rotatable bonds is 3. The van der Waals surface area contributed by atoms with Crippen molar-refractivity contribution < 1.29 is 19.1 Å². The number of benzene rings is 2. The van der Waals surface area contributed by atoms with E-state index < -0.39 is 17.7 Å². The molecule has 2 aliphatic rings. The SMILES string of the molecule is Cc1cc(/C(O)=C2/C(=O)C(=O)N(C3CCCCC3)C2c2ccccc2)ccc1F. The number of aliphatic hydroxyl groups excluding tert-OH is 1. The van der Waals surface area contributed by atoms with Gasteiger partial charge >= 0.3 is 0 Å². The summed E-state index contributed by atoms with van der Waals surface area (Å²) in [5.74, 6) is -1.88. The molecular formula is C24H24FNO3. The van der Waals surface area contributed by atoms with Gasteiger partial charge in [-0.2, -0.15) is 0 Å². The van der Waals surface area contributed by atoms with Crippen LogP contribution in [0.1, 0.15) is 54.8 Å². The van der Waals surface area contributed by atoms with Crippen molar-refractivity contribution >= 4 is 17.4 Å². The molecule has 1 saturated heterocycles. The lowest BCUT2D eigenvalue weighted by molar-refractivity contribution is -0.141. The van der Waals surface area contributed by atoms with Crippen LogP contribution in [0.15, 0.2) is 54.1 Å². The minimum atomic E-state index is -0.677. The Hall–Kier alpha value is -2.95. The number of carbonyl (C=O) groups is 2. The number of aryl methyl sites for hydroxylation is 1. The number of hydrogen-bond acceptors (Lipinski definition) is 3. The molecule has 1 aliphatic heterocycles. The van der Waals surface area contributed by atoms with Crippen LogP contribution in [0.2, 0.25) is 0 Å². The molecule has 2 fully saturated rings. The molecule has 1 amide bonds. The fourth-order valence-corrected chi connectivity index (χ4v) is 4.50. The highest BCUT2D eigenvalue weighted by atomic mass is 19.1. The molecule has 0 spiro atoms. The summed E-state index contributed by atoms with van der Waals surface area (Å²) in [6.07, 6.45) is 4.88. The molecule has 4 nitrogen and oxygen atoms in total. The maximum Gasteiger partial charge on any atom is 0.295 e. The molecule has 0 bridgehead atoms. The Labute approximate surface area is 169 Å². The van der Waals surface area contributed by atoms with Crippen LogP contribution in [0.4, 0.5) is 4.39 Å². The number of Topliss-reactive ketones (excluding diaryl/α,β-unsaturated/α-hetero) is 1. The molecule has 1 saturated carbocycles. The van der Waals surface area contributed by atoms with Crippen LogP contribution in [0, 0.1) is 12.7 Å². The molecule has 1 unspecified atom stereocenters. The Morgan fingerprint density at radius 3 is 2.38 bits per heavy atom. The lowest BCUT2D eigenvalue weighted by Gasteiger charge is -2.35. The van der Waals surface area contributed by atoms with Crippen LogP contribution in [-0.4, -0.2) is 27.7 Å². The van der Waals surface area contributed by atoms with Gasteiger partial charge in [-0.1, -0.05) is 49.6 Å². The average molecular weight is 393 g/mol. The van der Waals surface area contributed by atoms with Gasteiger partial charge in [0.25, 0.3) is 11.7 Å². The predicted octanol–water partition coefficient (Wildman–Crippen LogP) is 4.89. The number of halogens is 1. The largest absolute Gasteiger partial charge is 0.507 e. The molecule has 1 N–H and O–H groups in total. The Bertz CT molecular complexity index is 977. The number of carbonyl (C=O) groups excluding carboxylic acids is 2. The van der Waals surface area contributed by atoms with Crippen molar-refractivity contribution in [3.63, 3.8) is 0 Å². The van der Waals surface area contributed by atoms with Gasteiger partial charge in [0, 0.05) is 11.6 Å². The van der Waals surface area contributed by atoms with E-state index in [4.69, 9.17) is 0 Å². The van der Waals surface area contributed by atoms with Crippen molar-refractivity contribution in [1.82, 2.24) is 4.90 Å². The molecule has 1 heterocycles. The third-order valence-corrected chi connectivity index (χ3v) is 5.99. The van der Waals surface area contributed by atoms with E-state index in [1.54, 1.807) is 11.8 Å². The minimum absolute atomic E-state index is 0.0225. The van der Waals surface area contributed by atoms with Crippen molar-refractivity contribution in [2.45, 2.75) is 51.1 Å². The number of likely N-dealkylation sites (tertiary alicyclic amines) is 1. The zero-order valence-corrected chi connectivity index (χ0v) is 16.4. The Balaban J connectivity index is 1.87. The molecule has 2 aromatic carbocycles. The summed E-state index contributed by atoms with van der Waals surface area (Å²) in [6, 6.07) is 12.9. The average Bonchev–Trinajstić information content (AvgIpc) is 3.01. The minimum Gasteiger partial charge on any atom is -0.507 e. The van der Waals surface area contributed by atoms with Crippen molar-refractivity contribution in [3.05, 3.63) is 76.6 Å². The predicted molar refractivity (Wildman–Crippen MR) is 109 cm³/mol. The van der Waals surface area contributed by atoms with E-state index in [0.29, 0.717) is 11.1 Å². The van der Waals surface area contributed by atoms with Crippen LogP contribution in [0.25, 0.3) is 5.76 Å². The lowest BCUT2D eigenvalue weighted by Crippen LogP contribution is -2.40. The van der Waals surface area contributed by atoms with E-state index in [9.17, 15) is 19.1 Å². The molecular weight excluding hydrogens is 369 g/mol. The number of nitrogens with zero attached hydrogens (tertiary/aromatic N) is 1. The van der Waals surface area contributed by atoms with Gasteiger partial charge in [-0.05, 0) is 49.1 Å². The number of aliphatic hydroxyl groups is 1. The second kappa shape index (κ2) is 7.82. The fraction of sp³-hybridized carbons (Fsp3) is 0.333. The third kappa shape index (κ3) is 3.46. The van der Waals surface area contributed by atoms with Crippen molar-refractivity contribution in [2.75, 3.05) is 0 Å². The summed E-state index contributed by atoms with van der Waals surface area (Å²) in [4.78, 5) is 27.7. The second-order valence-corrected chi connectivity index (χ2v) is 7.87. The molecule has 2 aromatic rings. The van der Waals surface area contributed by atoms with E-state index in [-0.39, 0.29) is 23.2 Å². The fourth-order valence-electron chi connectivity index (χ4n) is 4.50. The van der Waals surface area contributed by atoms with Crippen LogP contribution in [0.3, 0.4) is 0 Å². The Morgan fingerprint density at radius 2 is 1.72 bits per heavy atom. The third-order valence-electron chi connectivity index (χ3n) is 5.99. The van der Waals surface area contributed by atoms with Crippen LogP contribution < -0.4 is 0 Å². The van der Waals surface area contributed by atoms with E-state index in [1.807, 2.05) is 30.3 Å². The summed E-state index contributed by atoms with van der Waals surface area (Å²) in [6.45, 7) is 1.60. The smallest absolute Gasteiger partial charge is 0.295 e. The molecule has 0 radical (unpaired) electrons. The molecule has 150 valence electrons. The maximum absolute atomic E-state index is 13.7. The Kier molecular flexibility index (Phi) is 5.22. The number of amides is 1. The quantitative estimate of drug-likeness (QED) is 0.459. The van der Waals surface area contributed by atoms with Crippen molar-refractivity contribution in [1.29, 1.82) is 0 Å². The van der Waals surface area contributed by atoms with E-state index in [0.717, 1.165) is 37.7 Å². The highest BCUT2D eigenvalue weighted by Crippen LogP contribution is 2.43. The number of hydrogen-bond donors (Lipinski definition) is 1. The van der Waals surface area contributed by atoms with Gasteiger partial charge < -0.3 is 10.0 Å². The second-order valence-electron chi connectivity index (χ2n) is 7.87. The highest BCUT2D eigenvalue weighted by Gasteiger charge is 2.48. The lowest BCUT2D eigenvalue weighted by atomic mass is 9.91. The van der Waals surface area contributed by atoms with E-state index >= 15 is 0 Å². The normalized spacial score (nSPS) is 22.3. The van der Waals surface area contributed by atoms with Gasteiger partial charge in [0.05, 0.1) is 11.6 Å². The highest BCUT2D eigenvalue weighted by molar-refractivity contribution is 6.46. The zero-order valence-electron chi connectivity index (χ0n) is 16.4. The summed E-state index contributed by atoms with van der Waals surface area (Å²) >= 11 is 0. The van der Waals surface area contributed by atoms with Gasteiger partial charge in [0.15, 0.2) is 0 Å². The van der Waals surface area contributed by atoms with Crippen LogP contribution in [0.5, 0.6) is 0 Å². The number of ketones is 1. The van der Waals surface area contributed by atoms with Gasteiger partial charge in [0.2, 0.25) is 0 Å². The van der Waals surface area contributed by atoms with Gasteiger partial charge in [-0.25, -0.2) is 4.39 Å². The van der Waals surface area contributed by atoms with Crippen LogP contribution >= 0.6 is 0 Å². The summed E-state index contributed by atoms with van der Waals surface area (Å²) in [5, 5.41) is 11.0. The molecule has 29 heavy (non-hydrogen) atoms. The molecule has 0 aromatic heterocycles. The summed E-state index contributed by atoms with van der Waals surface area (Å²) < 4.78 is 13.7. The molecule has 1 atom stereocenters. The molecule has 5 heteroatoms. The standard InChI is InChI=1S/C24H24FNO3/c1-15-14-17(12-13-19(15)25)22(27)20-21(16-8-4-2-5-9-16)26(24(29)23(20)28)18-10-6-3-7-11-18/h2,4-5,8-9,12-14,18,21,27H,3,6-7,10-11H2,1H3/b22-20-. The zero-order chi connectivity index (χ0) is 20.5. The van der Waals surface area contributed by atoms with E-state index in [1.165, 1.54) is 18.2 Å². The maximum atomic E-state index is 13.7. The van der Waals surface area contributed by atoms with Crippen molar-refractivity contribution in [2.24, 2.45) is 0 Å². The summed E-state index contributed by atoms with van der Waals surface area (Å²) in [7, 11) is 0. The first kappa shape index (κ1) is 19.4. The summed E-state index contributed by atoms with van der Waals surface area (Å²) in [5.41, 5.74) is 1.58. The van der Waals surface area contributed by atoms with Gasteiger partial charge in [-0.3, -0.25) is 9.59 Å².